The summed E-state index contributed by atoms with van der Waals surface area (Å²) in [6, 6.07) is 5.13. The van der Waals surface area contributed by atoms with Gasteiger partial charge < -0.3 is 10.4 Å². The second kappa shape index (κ2) is 6.39. The molecule has 19 heavy (non-hydrogen) atoms. The van der Waals surface area contributed by atoms with E-state index in [1.165, 1.54) is 6.07 Å². The van der Waals surface area contributed by atoms with Gasteiger partial charge in [0.1, 0.15) is 0 Å². The zero-order chi connectivity index (χ0) is 14.6. The molecule has 108 valence electrons. The Hall–Kier alpha value is -1.07. The van der Waals surface area contributed by atoms with Crippen LogP contribution in [0.1, 0.15) is 37.9 Å². The van der Waals surface area contributed by atoms with E-state index >= 15 is 0 Å². The third-order valence-corrected chi connectivity index (χ3v) is 3.37. The standard InChI is InChI=1S/C14H20F3NO/c1-9(8-19)10(2)18-11(3)12-5-4-6-13(7-12)14(15,16)17/h4-7,9-11,18-19H,8H2,1-3H3. The first-order valence-corrected chi connectivity index (χ1v) is 6.29. The van der Waals surface area contributed by atoms with Crippen LogP contribution in [0, 0.1) is 5.92 Å². The molecular weight excluding hydrogens is 255 g/mol. The van der Waals surface area contributed by atoms with Crippen molar-refractivity contribution < 1.29 is 18.3 Å². The molecule has 0 heterocycles. The summed E-state index contributed by atoms with van der Waals surface area (Å²) in [5.41, 5.74) is -0.0478. The third-order valence-electron chi connectivity index (χ3n) is 3.37. The summed E-state index contributed by atoms with van der Waals surface area (Å²) in [6.07, 6.45) is -4.32. The molecule has 1 aromatic rings. The average Bonchev–Trinajstić information content (AvgIpc) is 2.36. The number of hydrogen-bond donors (Lipinski definition) is 2. The van der Waals surface area contributed by atoms with Crippen LogP contribution in [0.5, 0.6) is 0 Å². The topological polar surface area (TPSA) is 32.3 Å². The highest BCUT2D eigenvalue weighted by Crippen LogP contribution is 2.30. The quantitative estimate of drug-likeness (QED) is 0.863. The van der Waals surface area contributed by atoms with Crippen molar-refractivity contribution in [1.29, 1.82) is 0 Å². The average molecular weight is 275 g/mol. The molecule has 2 nitrogen and oxygen atoms in total. The minimum atomic E-state index is -4.32. The predicted octanol–water partition coefficient (Wildman–Crippen LogP) is 3.37. The molecule has 0 aliphatic rings. The van der Waals surface area contributed by atoms with Gasteiger partial charge in [-0.05, 0) is 37.5 Å². The molecule has 1 aromatic carbocycles. The van der Waals surface area contributed by atoms with Crippen LogP contribution in [0.2, 0.25) is 0 Å². The summed E-state index contributed by atoms with van der Waals surface area (Å²) in [6.45, 7) is 5.65. The van der Waals surface area contributed by atoms with Gasteiger partial charge in [-0.3, -0.25) is 0 Å². The van der Waals surface area contributed by atoms with Gasteiger partial charge in [-0.15, -0.1) is 0 Å². The first-order chi connectivity index (χ1) is 8.75. The van der Waals surface area contributed by atoms with Crippen LogP contribution in [-0.2, 0) is 6.18 Å². The number of aliphatic hydroxyl groups is 1. The lowest BCUT2D eigenvalue weighted by molar-refractivity contribution is -0.137. The van der Waals surface area contributed by atoms with Gasteiger partial charge in [0.05, 0.1) is 5.56 Å². The first-order valence-electron chi connectivity index (χ1n) is 6.29. The minimum absolute atomic E-state index is 0.0227. The van der Waals surface area contributed by atoms with Crippen molar-refractivity contribution in [1.82, 2.24) is 5.32 Å². The smallest absolute Gasteiger partial charge is 0.396 e. The molecule has 0 saturated heterocycles. The van der Waals surface area contributed by atoms with E-state index in [1.807, 2.05) is 20.8 Å². The van der Waals surface area contributed by atoms with Gasteiger partial charge in [-0.25, -0.2) is 0 Å². The van der Waals surface area contributed by atoms with Crippen LogP contribution < -0.4 is 5.32 Å². The van der Waals surface area contributed by atoms with Gasteiger partial charge in [0.25, 0.3) is 0 Å². The molecular formula is C14H20F3NO. The second-order valence-electron chi connectivity index (χ2n) is 4.96. The number of hydrogen-bond acceptors (Lipinski definition) is 2. The van der Waals surface area contributed by atoms with Crippen LogP contribution in [-0.4, -0.2) is 17.8 Å². The molecule has 0 radical (unpaired) electrons. The zero-order valence-electron chi connectivity index (χ0n) is 11.3. The van der Waals surface area contributed by atoms with Crippen LogP contribution in [0.15, 0.2) is 24.3 Å². The van der Waals surface area contributed by atoms with Crippen molar-refractivity contribution in [2.75, 3.05) is 6.61 Å². The fourth-order valence-electron chi connectivity index (χ4n) is 1.80. The monoisotopic (exact) mass is 275 g/mol. The maximum Gasteiger partial charge on any atom is 0.416 e. The van der Waals surface area contributed by atoms with E-state index < -0.39 is 11.7 Å². The molecule has 3 atom stereocenters. The summed E-state index contributed by atoms with van der Waals surface area (Å²) in [4.78, 5) is 0. The van der Waals surface area contributed by atoms with Crippen molar-refractivity contribution in [2.24, 2.45) is 5.92 Å². The van der Waals surface area contributed by atoms with Crippen molar-refractivity contribution >= 4 is 0 Å². The van der Waals surface area contributed by atoms with Gasteiger partial charge in [-0.1, -0.05) is 19.1 Å². The van der Waals surface area contributed by atoms with E-state index in [9.17, 15) is 13.2 Å². The SMILES string of the molecule is CC(NC(C)C(C)CO)c1cccc(C(F)(F)F)c1. The number of nitrogens with one attached hydrogen (secondary N) is 1. The Morgan fingerprint density at radius 2 is 1.84 bits per heavy atom. The maximum atomic E-state index is 12.6. The third kappa shape index (κ3) is 4.51. The number of aliphatic hydroxyl groups excluding tert-OH is 1. The van der Waals surface area contributed by atoms with E-state index in [4.69, 9.17) is 5.11 Å². The lowest BCUT2D eigenvalue weighted by Crippen LogP contribution is -2.35. The Kier molecular flexibility index (Phi) is 5.38. The van der Waals surface area contributed by atoms with E-state index in [1.54, 1.807) is 6.07 Å². The molecule has 3 unspecified atom stereocenters. The Labute approximate surface area is 111 Å². The molecule has 0 aliphatic carbocycles. The van der Waals surface area contributed by atoms with E-state index in [-0.39, 0.29) is 24.6 Å². The molecule has 5 heteroatoms. The lowest BCUT2D eigenvalue weighted by atomic mass is 10.0. The maximum absolute atomic E-state index is 12.6. The number of rotatable bonds is 5. The van der Waals surface area contributed by atoms with Crippen molar-refractivity contribution in [3.8, 4) is 0 Å². The molecule has 0 bridgehead atoms. The van der Waals surface area contributed by atoms with E-state index in [2.05, 4.69) is 5.32 Å². The van der Waals surface area contributed by atoms with Crippen molar-refractivity contribution in [3.05, 3.63) is 35.4 Å². The number of alkyl halides is 3. The molecule has 0 amide bonds. The van der Waals surface area contributed by atoms with E-state index in [0.29, 0.717) is 5.56 Å². The normalized spacial score (nSPS) is 17.0. The predicted molar refractivity (Wildman–Crippen MR) is 68.7 cm³/mol. The van der Waals surface area contributed by atoms with Crippen molar-refractivity contribution in [3.63, 3.8) is 0 Å². The molecule has 2 N–H and O–H groups in total. The molecule has 1 rings (SSSR count). The van der Waals surface area contributed by atoms with Crippen LogP contribution in [0.4, 0.5) is 13.2 Å². The molecule has 0 fully saturated rings. The number of halogens is 3. The van der Waals surface area contributed by atoms with Gasteiger partial charge in [0.15, 0.2) is 0 Å². The zero-order valence-corrected chi connectivity index (χ0v) is 11.3. The summed E-state index contributed by atoms with van der Waals surface area (Å²) >= 11 is 0. The fourth-order valence-corrected chi connectivity index (χ4v) is 1.80. The Bertz CT molecular complexity index is 406. The Morgan fingerprint density at radius 1 is 1.21 bits per heavy atom. The summed E-state index contributed by atoms with van der Waals surface area (Å²) in [5, 5.41) is 12.2. The second-order valence-corrected chi connectivity index (χ2v) is 4.96. The molecule has 0 aromatic heterocycles. The highest BCUT2D eigenvalue weighted by Gasteiger charge is 2.30. The summed E-state index contributed by atoms with van der Waals surface area (Å²) in [7, 11) is 0. The molecule has 0 spiro atoms. The van der Waals surface area contributed by atoms with Crippen LogP contribution in [0.25, 0.3) is 0 Å². The van der Waals surface area contributed by atoms with Crippen LogP contribution in [0.3, 0.4) is 0 Å². The Balaban J connectivity index is 2.80. The first kappa shape index (κ1) is 16.0. The lowest BCUT2D eigenvalue weighted by Gasteiger charge is -2.24. The van der Waals surface area contributed by atoms with Gasteiger partial charge >= 0.3 is 6.18 Å². The molecule has 0 saturated carbocycles. The highest BCUT2D eigenvalue weighted by atomic mass is 19.4. The van der Waals surface area contributed by atoms with Gasteiger partial charge in [0, 0.05) is 18.7 Å². The molecule has 0 aliphatic heterocycles. The van der Waals surface area contributed by atoms with Crippen LogP contribution >= 0.6 is 0 Å². The number of benzene rings is 1. The van der Waals surface area contributed by atoms with Gasteiger partial charge in [0.2, 0.25) is 0 Å². The summed E-state index contributed by atoms with van der Waals surface area (Å²) < 4.78 is 37.9. The Morgan fingerprint density at radius 3 is 2.37 bits per heavy atom. The summed E-state index contributed by atoms with van der Waals surface area (Å²) in [5.74, 6) is 0.0493. The van der Waals surface area contributed by atoms with E-state index in [0.717, 1.165) is 12.1 Å². The van der Waals surface area contributed by atoms with Crippen molar-refractivity contribution in [2.45, 2.75) is 39.0 Å². The largest absolute Gasteiger partial charge is 0.416 e. The highest BCUT2D eigenvalue weighted by molar-refractivity contribution is 5.27. The van der Waals surface area contributed by atoms with Gasteiger partial charge in [-0.2, -0.15) is 13.2 Å². The minimum Gasteiger partial charge on any atom is -0.396 e. The fraction of sp³-hybridized carbons (Fsp3) is 0.571.